The lowest BCUT2D eigenvalue weighted by Crippen LogP contribution is -2.15. The van der Waals surface area contributed by atoms with Crippen molar-refractivity contribution in [2.45, 2.75) is 30.1 Å². The molecule has 0 heterocycles. The molecule has 0 bridgehead atoms. The van der Waals surface area contributed by atoms with Gasteiger partial charge in [-0.15, -0.1) is 0 Å². The van der Waals surface area contributed by atoms with Crippen LogP contribution in [0, 0.1) is 0 Å². The molecule has 0 saturated heterocycles. The first-order chi connectivity index (χ1) is 11.6. The van der Waals surface area contributed by atoms with Crippen molar-refractivity contribution in [2.75, 3.05) is 0 Å². The Morgan fingerprint density at radius 3 is 2.38 bits per heavy atom. The Labute approximate surface area is 142 Å². The van der Waals surface area contributed by atoms with Crippen molar-refractivity contribution in [1.29, 1.82) is 0 Å². The first-order valence-corrected chi connectivity index (χ1v) is 9.72. The predicted octanol–water partition coefficient (Wildman–Crippen LogP) is 3.96. The molecule has 2 N–H and O–H groups in total. The van der Waals surface area contributed by atoms with Gasteiger partial charge in [0.15, 0.2) is 0 Å². The quantitative estimate of drug-likeness (QED) is 0.769. The summed E-state index contributed by atoms with van der Waals surface area (Å²) >= 11 is 0. The molecular formula is C20H19NO2S. The number of primary sulfonamides is 1. The van der Waals surface area contributed by atoms with E-state index in [9.17, 15) is 8.42 Å². The van der Waals surface area contributed by atoms with Gasteiger partial charge in [0, 0.05) is 11.3 Å². The Morgan fingerprint density at radius 2 is 1.58 bits per heavy atom. The first kappa shape index (κ1) is 15.4. The highest BCUT2D eigenvalue weighted by atomic mass is 32.2. The summed E-state index contributed by atoms with van der Waals surface area (Å²) in [5.74, 6) is 0.210. The maximum absolute atomic E-state index is 12.1. The Kier molecular flexibility index (Phi) is 3.66. The second-order valence-electron chi connectivity index (χ2n) is 6.39. The smallest absolute Gasteiger partial charge is 0.225 e. The fraction of sp³-hybridized carbons (Fsp3) is 0.200. The predicted molar refractivity (Wildman–Crippen MR) is 96.5 cm³/mol. The number of fused-ring (bicyclic) bond motifs is 2. The lowest BCUT2D eigenvalue weighted by molar-refractivity contribution is 0.598. The number of nitrogens with two attached hydrogens (primary N) is 1. The minimum Gasteiger partial charge on any atom is -0.225 e. The number of benzene rings is 3. The van der Waals surface area contributed by atoms with Crippen molar-refractivity contribution in [3.8, 4) is 0 Å². The number of rotatable bonds is 2. The van der Waals surface area contributed by atoms with Crippen molar-refractivity contribution in [3.05, 3.63) is 77.4 Å². The summed E-state index contributed by atoms with van der Waals surface area (Å²) in [4.78, 5) is 0.221. The molecule has 0 aliphatic heterocycles. The summed E-state index contributed by atoms with van der Waals surface area (Å²) in [5, 5.41) is 7.17. The van der Waals surface area contributed by atoms with Crippen LogP contribution in [0.15, 0.2) is 65.6 Å². The van der Waals surface area contributed by atoms with Crippen LogP contribution in [0.25, 0.3) is 10.8 Å². The van der Waals surface area contributed by atoms with Crippen molar-refractivity contribution in [2.24, 2.45) is 5.14 Å². The number of aryl methyl sites for hydroxylation is 1. The lowest BCUT2D eigenvalue weighted by atomic mass is 9.77. The van der Waals surface area contributed by atoms with E-state index in [0.29, 0.717) is 0 Å². The van der Waals surface area contributed by atoms with Crippen molar-refractivity contribution < 1.29 is 8.42 Å². The number of hydrogen-bond donors (Lipinski definition) is 1. The lowest BCUT2D eigenvalue weighted by Gasteiger charge is -2.27. The van der Waals surface area contributed by atoms with Gasteiger partial charge in [-0.25, -0.2) is 13.6 Å². The topological polar surface area (TPSA) is 60.2 Å². The van der Waals surface area contributed by atoms with Crippen LogP contribution in [0.4, 0.5) is 0 Å². The molecule has 3 aromatic rings. The van der Waals surface area contributed by atoms with Crippen LogP contribution in [0.5, 0.6) is 0 Å². The average molecular weight is 337 g/mol. The minimum absolute atomic E-state index is 0.210. The highest BCUT2D eigenvalue weighted by Crippen LogP contribution is 2.40. The third-order valence-electron chi connectivity index (χ3n) is 4.95. The van der Waals surface area contributed by atoms with E-state index in [2.05, 4.69) is 24.3 Å². The third-order valence-corrected chi connectivity index (χ3v) is 5.90. The first-order valence-electron chi connectivity index (χ1n) is 8.18. The summed E-state index contributed by atoms with van der Waals surface area (Å²) in [6, 6.07) is 19.8. The molecule has 0 spiro atoms. The minimum atomic E-state index is -3.77. The van der Waals surface area contributed by atoms with Crippen molar-refractivity contribution in [1.82, 2.24) is 0 Å². The van der Waals surface area contributed by atoms with E-state index < -0.39 is 10.0 Å². The average Bonchev–Trinajstić information content (AvgIpc) is 2.59. The fourth-order valence-electron chi connectivity index (χ4n) is 3.94. The molecule has 1 unspecified atom stereocenters. The van der Waals surface area contributed by atoms with E-state index in [1.165, 1.54) is 11.1 Å². The SMILES string of the molecule is NS(=O)(=O)c1cccc2cccc(C3CCCc4ccccc43)c12. The summed E-state index contributed by atoms with van der Waals surface area (Å²) in [7, 11) is -3.77. The zero-order valence-corrected chi connectivity index (χ0v) is 14.1. The van der Waals surface area contributed by atoms with Gasteiger partial charge in [-0.2, -0.15) is 0 Å². The Bertz CT molecular complexity index is 1020. The molecule has 0 fully saturated rings. The van der Waals surface area contributed by atoms with Crippen LogP contribution in [0.2, 0.25) is 0 Å². The molecule has 3 nitrogen and oxygen atoms in total. The molecule has 122 valence electrons. The number of hydrogen-bond acceptors (Lipinski definition) is 2. The van der Waals surface area contributed by atoms with E-state index >= 15 is 0 Å². The van der Waals surface area contributed by atoms with Crippen LogP contribution >= 0.6 is 0 Å². The molecule has 3 aromatic carbocycles. The maximum Gasteiger partial charge on any atom is 0.238 e. The van der Waals surface area contributed by atoms with Crippen LogP contribution in [0.3, 0.4) is 0 Å². The molecule has 0 aromatic heterocycles. The van der Waals surface area contributed by atoms with Crippen LogP contribution < -0.4 is 5.14 Å². The molecule has 1 atom stereocenters. The number of sulfonamides is 1. The Balaban J connectivity index is 2.03. The largest absolute Gasteiger partial charge is 0.238 e. The highest BCUT2D eigenvalue weighted by Gasteiger charge is 2.25. The van der Waals surface area contributed by atoms with Gasteiger partial charge in [-0.05, 0) is 47.4 Å². The highest BCUT2D eigenvalue weighted by molar-refractivity contribution is 7.89. The van der Waals surface area contributed by atoms with Gasteiger partial charge in [0.1, 0.15) is 0 Å². The Hall–Kier alpha value is -2.17. The summed E-state index contributed by atoms with van der Waals surface area (Å²) in [6.45, 7) is 0. The zero-order chi connectivity index (χ0) is 16.7. The van der Waals surface area contributed by atoms with Crippen molar-refractivity contribution in [3.63, 3.8) is 0 Å². The molecule has 0 amide bonds. The van der Waals surface area contributed by atoms with Gasteiger partial charge in [0.2, 0.25) is 10.0 Å². The van der Waals surface area contributed by atoms with Gasteiger partial charge in [-0.1, -0.05) is 54.6 Å². The maximum atomic E-state index is 12.1. The second-order valence-corrected chi connectivity index (χ2v) is 7.92. The van der Waals surface area contributed by atoms with Gasteiger partial charge in [0.05, 0.1) is 4.90 Å². The Morgan fingerprint density at radius 1 is 0.875 bits per heavy atom. The van der Waals surface area contributed by atoms with E-state index in [0.717, 1.165) is 35.6 Å². The molecule has 1 aliphatic carbocycles. The van der Waals surface area contributed by atoms with E-state index in [-0.39, 0.29) is 10.8 Å². The van der Waals surface area contributed by atoms with Gasteiger partial charge < -0.3 is 0 Å². The van der Waals surface area contributed by atoms with E-state index in [1.54, 1.807) is 12.1 Å². The summed E-state index contributed by atoms with van der Waals surface area (Å²) in [6.07, 6.45) is 3.21. The van der Waals surface area contributed by atoms with Crippen LogP contribution in [-0.2, 0) is 16.4 Å². The fourth-order valence-corrected chi connectivity index (χ4v) is 4.73. The van der Waals surface area contributed by atoms with Crippen LogP contribution in [0.1, 0.15) is 35.4 Å². The van der Waals surface area contributed by atoms with Gasteiger partial charge in [-0.3, -0.25) is 0 Å². The molecule has 24 heavy (non-hydrogen) atoms. The molecule has 0 radical (unpaired) electrons. The zero-order valence-electron chi connectivity index (χ0n) is 13.3. The van der Waals surface area contributed by atoms with E-state index in [4.69, 9.17) is 5.14 Å². The van der Waals surface area contributed by atoms with Gasteiger partial charge >= 0.3 is 0 Å². The molecule has 4 heteroatoms. The third kappa shape index (κ3) is 2.52. The summed E-state index contributed by atoms with van der Waals surface area (Å²) in [5.41, 5.74) is 3.73. The van der Waals surface area contributed by atoms with Crippen LogP contribution in [-0.4, -0.2) is 8.42 Å². The second kappa shape index (κ2) is 5.72. The molecule has 4 rings (SSSR count). The normalized spacial score (nSPS) is 17.6. The van der Waals surface area contributed by atoms with E-state index in [1.807, 2.05) is 24.3 Å². The molecule has 1 aliphatic rings. The summed E-state index contributed by atoms with van der Waals surface area (Å²) < 4.78 is 24.2. The standard InChI is InChI=1S/C20H19NO2S/c21-24(22,23)19-13-5-9-15-8-4-12-18(20(15)19)17-11-3-7-14-6-1-2-10-16(14)17/h1-2,4-6,8-10,12-13,17H,3,7,11H2,(H2,21,22,23). The molecule has 0 saturated carbocycles. The molecular weight excluding hydrogens is 318 g/mol. The van der Waals surface area contributed by atoms with Gasteiger partial charge in [0.25, 0.3) is 0 Å². The van der Waals surface area contributed by atoms with Crippen molar-refractivity contribution >= 4 is 20.8 Å². The monoisotopic (exact) mass is 337 g/mol.